The Bertz CT molecular complexity index is 1050. The molecule has 0 atom stereocenters. The van der Waals surface area contributed by atoms with Gasteiger partial charge in [-0.3, -0.25) is 9.36 Å². The summed E-state index contributed by atoms with van der Waals surface area (Å²) in [7, 11) is 0. The summed E-state index contributed by atoms with van der Waals surface area (Å²) in [5.74, 6) is -0.386. The molecular weight excluding hydrogens is 318 g/mol. The quantitative estimate of drug-likeness (QED) is 0.383. The molecule has 2 aromatic carbocycles. The van der Waals surface area contributed by atoms with Crippen molar-refractivity contribution in [1.29, 1.82) is 0 Å². The van der Waals surface area contributed by atoms with E-state index in [-0.39, 0.29) is 23.0 Å². The fraction of sp³-hybridized carbons (Fsp3) is 0.0556. The van der Waals surface area contributed by atoms with E-state index in [0.717, 1.165) is 0 Å². The minimum atomic E-state index is -0.408. The van der Waals surface area contributed by atoms with Crippen LogP contribution in [0.25, 0.3) is 16.6 Å². The van der Waals surface area contributed by atoms with E-state index in [1.165, 1.54) is 4.57 Å². The van der Waals surface area contributed by atoms with E-state index >= 15 is 0 Å². The lowest BCUT2D eigenvalue weighted by Crippen LogP contribution is -2.26. The number of pyridine rings is 1. The molecule has 0 amide bonds. The van der Waals surface area contributed by atoms with Gasteiger partial charge in [-0.05, 0) is 31.2 Å². The van der Waals surface area contributed by atoms with E-state index < -0.39 is 5.56 Å². The Balaban J connectivity index is 2.42. The van der Waals surface area contributed by atoms with Gasteiger partial charge >= 0.3 is 0 Å². The smallest absolute Gasteiger partial charge is 0.268 e. The van der Waals surface area contributed by atoms with Gasteiger partial charge in [0.05, 0.1) is 11.2 Å². The molecule has 7 nitrogen and oxygen atoms in total. The number of aromatic nitrogens is 1. The predicted octanol–water partition coefficient (Wildman–Crippen LogP) is 1.69. The van der Waals surface area contributed by atoms with Crippen molar-refractivity contribution in [1.82, 2.24) is 4.57 Å². The van der Waals surface area contributed by atoms with Crippen molar-refractivity contribution in [2.24, 2.45) is 21.7 Å². The first-order valence-electron chi connectivity index (χ1n) is 7.56. The Labute approximate surface area is 143 Å². The molecular formula is C18H17N5O2. The standard InChI is InChI=1S/C18H17N5O2/c1-11(21-22-18(19)20)15-16(24)13-9-5-6-10-14(13)23(17(15)25)12-7-3-2-4-8-12/h2-10,24H,1H3,(H4,19,20,22). The summed E-state index contributed by atoms with van der Waals surface area (Å²) in [6.45, 7) is 1.56. The number of para-hydroxylation sites is 2. The second kappa shape index (κ2) is 6.48. The monoisotopic (exact) mass is 335 g/mol. The summed E-state index contributed by atoms with van der Waals surface area (Å²) in [6.07, 6.45) is 0. The Morgan fingerprint density at radius 2 is 1.64 bits per heavy atom. The van der Waals surface area contributed by atoms with Gasteiger partial charge in [-0.25, -0.2) is 0 Å². The van der Waals surface area contributed by atoms with Gasteiger partial charge in [0.15, 0.2) is 0 Å². The lowest BCUT2D eigenvalue weighted by atomic mass is 10.1. The van der Waals surface area contributed by atoms with Crippen LogP contribution in [0.1, 0.15) is 12.5 Å². The first kappa shape index (κ1) is 16.3. The number of fused-ring (bicyclic) bond motifs is 1. The highest BCUT2D eigenvalue weighted by atomic mass is 16.3. The van der Waals surface area contributed by atoms with E-state index in [4.69, 9.17) is 11.5 Å². The van der Waals surface area contributed by atoms with Gasteiger partial charge in [0.2, 0.25) is 5.96 Å². The highest BCUT2D eigenvalue weighted by Gasteiger charge is 2.19. The SMILES string of the molecule is CC(=NN=C(N)N)c1c(O)c2ccccc2n(-c2ccccc2)c1=O. The first-order valence-corrected chi connectivity index (χ1v) is 7.56. The molecule has 7 heteroatoms. The maximum absolute atomic E-state index is 13.1. The van der Waals surface area contributed by atoms with Crippen LogP contribution in [0.5, 0.6) is 5.75 Å². The molecule has 25 heavy (non-hydrogen) atoms. The van der Waals surface area contributed by atoms with Crippen LogP contribution in [-0.2, 0) is 0 Å². The predicted molar refractivity (Wildman–Crippen MR) is 99.2 cm³/mol. The number of benzene rings is 2. The summed E-state index contributed by atoms with van der Waals surface area (Å²) in [5, 5.41) is 18.6. The summed E-state index contributed by atoms with van der Waals surface area (Å²) >= 11 is 0. The maximum Gasteiger partial charge on any atom is 0.268 e. The molecule has 1 heterocycles. The molecule has 0 saturated heterocycles. The second-order valence-corrected chi connectivity index (χ2v) is 5.43. The number of nitrogens with zero attached hydrogens (tertiary/aromatic N) is 3. The number of aromatic hydroxyl groups is 1. The third kappa shape index (κ3) is 2.94. The summed E-state index contributed by atoms with van der Waals surface area (Å²) < 4.78 is 1.53. The average Bonchev–Trinajstić information content (AvgIpc) is 2.61. The summed E-state index contributed by atoms with van der Waals surface area (Å²) in [4.78, 5) is 13.1. The van der Waals surface area contributed by atoms with E-state index in [0.29, 0.717) is 16.6 Å². The van der Waals surface area contributed by atoms with E-state index in [2.05, 4.69) is 10.2 Å². The largest absolute Gasteiger partial charge is 0.506 e. The Morgan fingerprint density at radius 3 is 2.32 bits per heavy atom. The van der Waals surface area contributed by atoms with Gasteiger partial charge < -0.3 is 16.6 Å². The molecule has 126 valence electrons. The van der Waals surface area contributed by atoms with Crippen LogP contribution >= 0.6 is 0 Å². The molecule has 0 aliphatic rings. The first-order chi connectivity index (χ1) is 12.0. The highest BCUT2D eigenvalue weighted by Crippen LogP contribution is 2.28. The average molecular weight is 335 g/mol. The van der Waals surface area contributed by atoms with E-state index in [1.807, 2.05) is 30.3 Å². The van der Waals surface area contributed by atoms with Gasteiger partial charge in [-0.2, -0.15) is 5.10 Å². The van der Waals surface area contributed by atoms with Crippen molar-refractivity contribution < 1.29 is 5.11 Å². The van der Waals surface area contributed by atoms with Crippen molar-refractivity contribution in [3.8, 4) is 11.4 Å². The van der Waals surface area contributed by atoms with Crippen LogP contribution in [0.2, 0.25) is 0 Å². The van der Waals surface area contributed by atoms with Gasteiger partial charge in [-0.1, -0.05) is 30.3 Å². The Kier molecular flexibility index (Phi) is 4.21. The molecule has 1 aromatic heterocycles. The summed E-state index contributed by atoms with van der Waals surface area (Å²) in [5.41, 5.74) is 11.7. The zero-order valence-corrected chi connectivity index (χ0v) is 13.5. The van der Waals surface area contributed by atoms with Crippen molar-refractivity contribution in [2.45, 2.75) is 6.92 Å². The fourth-order valence-electron chi connectivity index (χ4n) is 2.67. The van der Waals surface area contributed by atoms with Gasteiger partial charge in [0.25, 0.3) is 5.56 Å². The van der Waals surface area contributed by atoms with Crippen LogP contribution in [-0.4, -0.2) is 21.3 Å². The number of rotatable bonds is 3. The molecule has 0 unspecified atom stereocenters. The third-order valence-corrected chi connectivity index (χ3v) is 3.75. The van der Waals surface area contributed by atoms with Gasteiger partial charge in [-0.15, -0.1) is 5.10 Å². The zero-order valence-electron chi connectivity index (χ0n) is 13.5. The molecule has 0 radical (unpaired) electrons. The zero-order chi connectivity index (χ0) is 18.0. The highest BCUT2D eigenvalue weighted by molar-refractivity contribution is 6.05. The fourth-order valence-corrected chi connectivity index (χ4v) is 2.67. The lowest BCUT2D eigenvalue weighted by molar-refractivity contribution is 0.478. The van der Waals surface area contributed by atoms with Crippen molar-refractivity contribution in [2.75, 3.05) is 0 Å². The molecule has 0 fully saturated rings. The molecule has 5 N–H and O–H groups in total. The third-order valence-electron chi connectivity index (χ3n) is 3.75. The molecule has 0 aliphatic carbocycles. The van der Waals surface area contributed by atoms with Gasteiger partial charge in [0.1, 0.15) is 11.3 Å². The van der Waals surface area contributed by atoms with Crippen LogP contribution in [0, 0.1) is 0 Å². The van der Waals surface area contributed by atoms with Crippen LogP contribution in [0.4, 0.5) is 0 Å². The molecule has 3 aromatic rings. The lowest BCUT2D eigenvalue weighted by Gasteiger charge is -2.14. The van der Waals surface area contributed by atoms with Crippen molar-refractivity contribution in [3.05, 3.63) is 70.5 Å². The molecule has 0 aliphatic heterocycles. The minimum absolute atomic E-state index is 0.0487. The molecule has 0 bridgehead atoms. The molecule has 3 rings (SSSR count). The molecule has 0 spiro atoms. The van der Waals surface area contributed by atoms with Crippen LogP contribution in [0.15, 0.2) is 69.6 Å². The number of hydrogen-bond donors (Lipinski definition) is 3. The summed E-state index contributed by atoms with van der Waals surface area (Å²) in [6, 6.07) is 16.3. The number of nitrogens with two attached hydrogens (primary N) is 2. The van der Waals surface area contributed by atoms with Crippen LogP contribution < -0.4 is 17.0 Å². The normalized spacial score (nSPS) is 11.5. The number of hydrogen-bond acceptors (Lipinski definition) is 4. The van der Waals surface area contributed by atoms with Crippen molar-refractivity contribution >= 4 is 22.6 Å². The minimum Gasteiger partial charge on any atom is -0.506 e. The Hall–Kier alpha value is -3.61. The topological polar surface area (TPSA) is 119 Å². The molecule has 0 saturated carbocycles. The second-order valence-electron chi connectivity index (χ2n) is 5.43. The van der Waals surface area contributed by atoms with Gasteiger partial charge in [0, 0.05) is 11.1 Å². The van der Waals surface area contributed by atoms with Crippen LogP contribution in [0.3, 0.4) is 0 Å². The van der Waals surface area contributed by atoms with E-state index in [1.54, 1.807) is 31.2 Å². The van der Waals surface area contributed by atoms with E-state index in [9.17, 15) is 9.90 Å². The maximum atomic E-state index is 13.1. The number of guanidine groups is 1. The van der Waals surface area contributed by atoms with Crippen molar-refractivity contribution in [3.63, 3.8) is 0 Å². The Morgan fingerprint density at radius 1 is 1.00 bits per heavy atom.